The summed E-state index contributed by atoms with van der Waals surface area (Å²) in [5.74, 6) is 0.103. The maximum absolute atomic E-state index is 11.4. The molecule has 0 aromatic heterocycles. The number of hydrogen-bond donors (Lipinski definition) is 0. The second-order valence-electron chi connectivity index (χ2n) is 6.10. The summed E-state index contributed by atoms with van der Waals surface area (Å²) in [5.41, 5.74) is 3.04. The quantitative estimate of drug-likeness (QED) is 0.747. The van der Waals surface area contributed by atoms with Crippen molar-refractivity contribution in [3.8, 4) is 0 Å². The third-order valence-electron chi connectivity index (χ3n) is 4.42. The first kappa shape index (κ1) is 17.3. The minimum atomic E-state index is 0.103. The first-order valence-electron chi connectivity index (χ1n) is 8.05. The molecule has 2 aromatic carbocycles. The summed E-state index contributed by atoms with van der Waals surface area (Å²) in [6.07, 6.45) is 0. The molecular formula is C19H20Cl2N2O. The lowest BCUT2D eigenvalue weighted by atomic mass is 10.1. The fraction of sp³-hybridized carbons (Fsp3) is 0.316. The Morgan fingerprint density at radius 1 is 1.00 bits per heavy atom. The fourth-order valence-corrected chi connectivity index (χ4v) is 3.43. The van der Waals surface area contributed by atoms with Gasteiger partial charge < -0.3 is 4.90 Å². The molecule has 1 fully saturated rings. The molecule has 0 saturated carbocycles. The van der Waals surface area contributed by atoms with Gasteiger partial charge in [0.25, 0.3) is 0 Å². The van der Waals surface area contributed by atoms with Crippen molar-refractivity contribution >= 4 is 34.7 Å². The maximum atomic E-state index is 11.4. The van der Waals surface area contributed by atoms with Crippen LogP contribution in [0.4, 0.5) is 5.69 Å². The number of halogens is 2. The van der Waals surface area contributed by atoms with Gasteiger partial charge in [-0.2, -0.15) is 0 Å². The molecular weight excluding hydrogens is 343 g/mol. The van der Waals surface area contributed by atoms with Gasteiger partial charge in [0.05, 0.1) is 0 Å². The van der Waals surface area contributed by atoms with E-state index in [1.807, 2.05) is 36.4 Å². The van der Waals surface area contributed by atoms with Crippen molar-refractivity contribution in [3.63, 3.8) is 0 Å². The van der Waals surface area contributed by atoms with E-state index in [0.717, 1.165) is 48.9 Å². The molecule has 1 aliphatic heterocycles. The number of hydrogen-bond acceptors (Lipinski definition) is 3. The number of Topliss-reactive ketones (excluding diaryl/α,β-unsaturated/α-hetero) is 1. The summed E-state index contributed by atoms with van der Waals surface area (Å²) in [6.45, 7) is 6.32. The molecule has 3 nitrogen and oxygen atoms in total. The van der Waals surface area contributed by atoms with Crippen molar-refractivity contribution in [2.24, 2.45) is 0 Å². The van der Waals surface area contributed by atoms with E-state index in [1.165, 1.54) is 5.69 Å². The minimum Gasteiger partial charge on any atom is -0.369 e. The van der Waals surface area contributed by atoms with Crippen molar-refractivity contribution in [2.75, 3.05) is 31.1 Å². The first-order chi connectivity index (χ1) is 11.5. The lowest BCUT2D eigenvalue weighted by Gasteiger charge is -2.36. The van der Waals surface area contributed by atoms with Crippen LogP contribution in [0.5, 0.6) is 0 Å². The SMILES string of the molecule is CC(=O)c1ccc(N2CCN(Cc3ccc(Cl)cc3Cl)CC2)cc1. The van der Waals surface area contributed by atoms with Gasteiger partial charge in [0, 0.05) is 54.0 Å². The van der Waals surface area contributed by atoms with E-state index in [1.54, 1.807) is 13.0 Å². The lowest BCUT2D eigenvalue weighted by molar-refractivity contribution is 0.101. The smallest absolute Gasteiger partial charge is 0.159 e. The van der Waals surface area contributed by atoms with Gasteiger partial charge in [-0.1, -0.05) is 29.3 Å². The van der Waals surface area contributed by atoms with Gasteiger partial charge in [0.15, 0.2) is 5.78 Å². The molecule has 0 aliphatic carbocycles. The number of rotatable bonds is 4. The standard InChI is InChI=1S/C19H20Cl2N2O/c1-14(24)15-3-6-18(7-4-15)23-10-8-22(9-11-23)13-16-2-5-17(20)12-19(16)21/h2-7,12H,8-11,13H2,1H3. The van der Waals surface area contributed by atoms with E-state index in [2.05, 4.69) is 9.80 Å². The van der Waals surface area contributed by atoms with E-state index >= 15 is 0 Å². The summed E-state index contributed by atoms with van der Waals surface area (Å²) in [5, 5.41) is 1.40. The Kier molecular flexibility index (Phi) is 5.44. The maximum Gasteiger partial charge on any atom is 0.159 e. The molecule has 0 N–H and O–H groups in total. The summed E-state index contributed by atoms with van der Waals surface area (Å²) >= 11 is 12.2. The monoisotopic (exact) mass is 362 g/mol. The summed E-state index contributed by atoms with van der Waals surface area (Å²) in [7, 11) is 0. The molecule has 2 aromatic rings. The Bertz CT molecular complexity index is 723. The average molecular weight is 363 g/mol. The third-order valence-corrected chi connectivity index (χ3v) is 5.01. The Morgan fingerprint density at radius 3 is 2.25 bits per heavy atom. The zero-order valence-electron chi connectivity index (χ0n) is 13.6. The second-order valence-corrected chi connectivity index (χ2v) is 6.95. The van der Waals surface area contributed by atoms with Crippen molar-refractivity contribution in [1.29, 1.82) is 0 Å². The highest BCUT2D eigenvalue weighted by molar-refractivity contribution is 6.35. The minimum absolute atomic E-state index is 0.103. The van der Waals surface area contributed by atoms with Gasteiger partial charge in [0.1, 0.15) is 0 Å². The molecule has 0 spiro atoms. The number of carbonyl (C=O) groups excluding carboxylic acids is 1. The zero-order valence-corrected chi connectivity index (χ0v) is 15.1. The fourth-order valence-electron chi connectivity index (χ4n) is 2.96. The average Bonchev–Trinajstić information content (AvgIpc) is 2.58. The molecule has 0 bridgehead atoms. The topological polar surface area (TPSA) is 23.6 Å². The molecule has 1 aliphatic rings. The number of benzene rings is 2. The van der Waals surface area contributed by atoms with Crippen LogP contribution in [0.1, 0.15) is 22.8 Å². The molecule has 0 unspecified atom stereocenters. The highest BCUT2D eigenvalue weighted by atomic mass is 35.5. The highest BCUT2D eigenvalue weighted by Crippen LogP contribution is 2.23. The molecule has 1 heterocycles. The van der Waals surface area contributed by atoms with Crippen LogP contribution >= 0.6 is 23.2 Å². The normalized spacial score (nSPS) is 15.5. The number of ketones is 1. The van der Waals surface area contributed by atoms with Crippen molar-refractivity contribution in [2.45, 2.75) is 13.5 Å². The van der Waals surface area contributed by atoms with Crippen molar-refractivity contribution in [1.82, 2.24) is 4.90 Å². The molecule has 24 heavy (non-hydrogen) atoms. The Labute approximate surface area is 152 Å². The Morgan fingerprint density at radius 2 is 1.67 bits per heavy atom. The van der Waals surface area contributed by atoms with Gasteiger partial charge in [-0.15, -0.1) is 0 Å². The third kappa shape index (κ3) is 4.10. The van der Waals surface area contributed by atoms with Crippen LogP contribution in [-0.2, 0) is 6.54 Å². The highest BCUT2D eigenvalue weighted by Gasteiger charge is 2.18. The Balaban J connectivity index is 1.58. The first-order valence-corrected chi connectivity index (χ1v) is 8.81. The van der Waals surface area contributed by atoms with E-state index in [0.29, 0.717) is 5.02 Å². The number of piperazine rings is 1. The van der Waals surface area contributed by atoms with Crippen LogP contribution in [-0.4, -0.2) is 36.9 Å². The largest absolute Gasteiger partial charge is 0.369 e. The molecule has 1 saturated heterocycles. The molecule has 0 amide bonds. The van der Waals surface area contributed by atoms with Gasteiger partial charge in [-0.05, 0) is 48.9 Å². The summed E-state index contributed by atoms with van der Waals surface area (Å²) in [4.78, 5) is 16.1. The molecule has 0 radical (unpaired) electrons. The van der Waals surface area contributed by atoms with Gasteiger partial charge >= 0.3 is 0 Å². The van der Waals surface area contributed by atoms with Crippen LogP contribution < -0.4 is 4.90 Å². The van der Waals surface area contributed by atoms with E-state index in [4.69, 9.17) is 23.2 Å². The molecule has 0 atom stereocenters. The van der Waals surface area contributed by atoms with Crippen molar-refractivity contribution < 1.29 is 4.79 Å². The van der Waals surface area contributed by atoms with Crippen LogP contribution in [0.3, 0.4) is 0 Å². The van der Waals surface area contributed by atoms with Gasteiger partial charge in [-0.3, -0.25) is 9.69 Å². The van der Waals surface area contributed by atoms with Gasteiger partial charge in [-0.25, -0.2) is 0 Å². The summed E-state index contributed by atoms with van der Waals surface area (Å²) in [6, 6.07) is 13.5. The summed E-state index contributed by atoms with van der Waals surface area (Å²) < 4.78 is 0. The van der Waals surface area contributed by atoms with E-state index in [-0.39, 0.29) is 5.78 Å². The second kappa shape index (κ2) is 7.56. The lowest BCUT2D eigenvalue weighted by Crippen LogP contribution is -2.46. The predicted octanol–water partition coefficient (Wildman–Crippen LogP) is 4.52. The van der Waals surface area contributed by atoms with Crippen LogP contribution in [0.2, 0.25) is 10.0 Å². The van der Waals surface area contributed by atoms with Gasteiger partial charge in [0.2, 0.25) is 0 Å². The van der Waals surface area contributed by atoms with E-state index in [9.17, 15) is 4.79 Å². The molecule has 5 heteroatoms. The van der Waals surface area contributed by atoms with E-state index < -0.39 is 0 Å². The van der Waals surface area contributed by atoms with Crippen LogP contribution in [0.15, 0.2) is 42.5 Å². The molecule has 3 rings (SSSR count). The van der Waals surface area contributed by atoms with Crippen molar-refractivity contribution in [3.05, 3.63) is 63.6 Å². The number of nitrogens with zero attached hydrogens (tertiary/aromatic N) is 2. The number of carbonyl (C=O) groups is 1. The molecule has 126 valence electrons. The number of anilines is 1. The predicted molar refractivity (Wildman–Crippen MR) is 100 cm³/mol. The Hall–Kier alpha value is -1.55. The van der Waals surface area contributed by atoms with Crippen LogP contribution in [0.25, 0.3) is 0 Å². The zero-order chi connectivity index (χ0) is 17.1. The van der Waals surface area contributed by atoms with Crippen LogP contribution in [0, 0.1) is 0 Å².